The highest BCUT2D eigenvalue weighted by Gasteiger charge is 2.37. The van der Waals surface area contributed by atoms with E-state index in [-0.39, 0.29) is 17.4 Å². The second-order valence-electron chi connectivity index (χ2n) is 6.12. The molecular weight excluding hydrogens is 272 g/mol. The van der Waals surface area contributed by atoms with Gasteiger partial charge in [-0.25, -0.2) is 9.48 Å². The van der Waals surface area contributed by atoms with Gasteiger partial charge in [0.15, 0.2) is 0 Å². The highest BCUT2D eigenvalue weighted by atomic mass is 16.5. The van der Waals surface area contributed by atoms with Gasteiger partial charge in [0.05, 0.1) is 24.8 Å². The van der Waals surface area contributed by atoms with Crippen molar-refractivity contribution >= 4 is 11.9 Å². The summed E-state index contributed by atoms with van der Waals surface area (Å²) in [6.45, 7) is 7.54. The quantitative estimate of drug-likeness (QED) is 0.778. The van der Waals surface area contributed by atoms with E-state index in [1.54, 1.807) is 4.68 Å². The van der Waals surface area contributed by atoms with Crippen LogP contribution in [0.2, 0.25) is 0 Å². The average molecular weight is 292 g/mol. The lowest BCUT2D eigenvalue weighted by Gasteiger charge is -2.37. The summed E-state index contributed by atoms with van der Waals surface area (Å²) in [5.74, 6) is 0.442. The Labute approximate surface area is 123 Å². The second kappa shape index (κ2) is 4.84. The van der Waals surface area contributed by atoms with Gasteiger partial charge in [-0.05, 0) is 13.8 Å². The lowest BCUT2D eigenvalue weighted by atomic mass is 9.90. The number of esters is 1. The summed E-state index contributed by atoms with van der Waals surface area (Å²) in [7, 11) is 1.87. The van der Waals surface area contributed by atoms with E-state index in [1.807, 2.05) is 25.8 Å². The van der Waals surface area contributed by atoms with Crippen molar-refractivity contribution in [3.8, 4) is 0 Å². The zero-order valence-corrected chi connectivity index (χ0v) is 12.8. The molecule has 2 aliphatic heterocycles. The number of nitrogens with zero attached hydrogens (tertiary/aromatic N) is 4. The molecule has 0 amide bonds. The number of rotatable bonds is 3. The molecule has 0 aliphatic carbocycles. The van der Waals surface area contributed by atoms with E-state index < -0.39 is 0 Å². The number of hydrogen-bond acceptors (Lipinski definition) is 6. The smallest absolute Gasteiger partial charge is 0.337 e. The molecule has 1 saturated heterocycles. The molecule has 114 valence electrons. The molecule has 3 heterocycles. The Morgan fingerprint density at radius 1 is 1.57 bits per heavy atom. The molecule has 0 radical (unpaired) electrons. The standard InChI is InChI=1S/C14H20N4O3/c1-9-11(12(19)21-7-14(3)5-20-6-14)10(2)18-13(17(9)4)15-8-16-18/h8,10H,5-7H2,1-4H3/t10-/m1/s1. The van der Waals surface area contributed by atoms with Crippen LogP contribution in [0, 0.1) is 5.41 Å². The Morgan fingerprint density at radius 3 is 2.90 bits per heavy atom. The first kappa shape index (κ1) is 14.1. The van der Waals surface area contributed by atoms with Gasteiger partial charge in [0, 0.05) is 18.2 Å². The fourth-order valence-corrected chi connectivity index (χ4v) is 2.68. The highest BCUT2D eigenvalue weighted by molar-refractivity contribution is 5.91. The lowest BCUT2D eigenvalue weighted by Crippen LogP contribution is -2.44. The lowest BCUT2D eigenvalue weighted by molar-refractivity contribution is -0.162. The zero-order valence-electron chi connectivity index (χ0n) is 12.8. The molecule has 0 aromatic carbocycles. The molecule has 0 saturated carbocycles. The zero-order chi connectivity index (χ0) is 15.2. The summed E-state index contributed by atoms with van der Waals surface area (Å²) in [6.07, 6.45) is 1.50. The third-order valence-electron chi connectivity index (χ3n) is 4.20. The van der Waals surface area contributed by atoms with Crippen molar-refractivity contribution < 1.29 is 14.3 Å². The predicted octanol–water partition coefficient (Wildman–Crippen LogP) is 1.14. The topological polar surface area (TPSA) is 69.5 Å². The largest absolute Gasteiger partial charge is 0.461 e. The molecular formula is C14H20N4O3. The van der Waals surface area contributed by atoms with Gasteiger partial charge in [0.1, 0.15) is 12.9 Å². The molecule has 3 rings (SSSR count). The van der Waals surface area contributed by atoms with Crippen molar-refractivity contribution in [2.75, 3.05) is 31.8 Å². The minimum absolute atomic E-state index is 0.0493. The number of allylic oxidation sites excluding steroid dienone is 1. The number of fused-ring (bicyclic) bond motifs is 1. The molecule has 21 heavy (non-hydrogen) atoms. The van der Waals surface area contributed by atoms with E-state index >= 15 is 0 Å². The van der Waals surface area contributed by atoms with E-state index in [0.717, 1.165) is 11.6 Å². The minimum Gasteiger partial charge on any atom is -0.461 e. The van der Waals surface area contributed by atoms with E-state index in [4.69, 9.17) is 9.47 Å². The highest BCUT2D eigenvalue weighted by Crippen LogP contribution is 2.33. The average Bonchev–Trinajstić information content (AvgIpc) is 2.90. The van der Waals surface area contributed by atoms with Gasteiger partial charge in [-0.1, -0.05) is 6.92 Å². The van der Waals surface area contributed by atoms with Gasteiger partial charge >= 0.3 is 5.97 Å². The van der Waals surface area contributed by atoms with Crippen LogP contribution in [0.15, 0.2) is 17.6 Å². The maximum Gasteiger partial charge on any atom is 0.337 e. The Bertz CT molecular complexity index is 603. The molecule has 2 aliphatic rings. The van der Waals surface area contributed by atoms with Crippen molar-refractivity contribution in [1.29, 1.82) is 0 Å². The van der Waals surface area contributed by atoms with E-state index in [2.05, 4.69) is 17.0 Å². The molecule has 7 heteroatoms. The predicted molar refractivity (Wildman–Crippen MR) is 75.7 cm³/mol. The summed E-state index contributed by atoms with van der Waals surface area (Å²) >= 11 is 0. The van der Waals surface area contributed by atoms with Crippen LogP contribution in [0.1, 0.15) is 26.8 Å². The normalized spacial score (nSPS) is 23.6. The number of ether oxygens (including phenoxy) is 2. The molecule has 0 unspecified atom stereocenters. The van der Waals surface area contributed by atoms with Crippen molar-refractivity contribution in [2.45, 2.75) is 26.8 Å². The fraction of sp³-hybridized carbons (Fsp3) is 0.643. The summed E-state index contributed by atoms with van der Waals surface area (Å²) in [6, 6.07) is -0.184. The third-order valence-corrected chi connectivity index (χ3v) is 4.20. The molecule has 0 bridgehead atoms. The van der Waals surface area contributed by atoms with Crippen molar-refractivity contribution in [3.05, 3.63) is 17.6 Å². The number of aromatic nitrogens is 3. The number of carbonyl (C=O) groups is 1. The summed E-state index contributed by atoms with van der Waals surface area (Å²) < 4.78 is 12.4. The van der Waals surface area contributed by atoms with Crippen LogP contribution in [0.25, 0.3) is 0 Å². The van der Waals surface area contributed by atoms with Crippen molar-refractivity contribution in [3.63, 3.8) is 0 Å². The summed E-state index contributed by atoms with van der Waals surface area (Å²) in [4.78, 5) is 18.5. The Kier molecular flexibility index (Phi) is 3.24. The van der Waals surface area contributed by atoms with Crippen LogP contribution in [0.4, 0.5) is 5.95 Å². The van der Waals surface area contributed by atoms with Crippen LogP contribution < -0.4 is 4.90 Å². The van der Waals surface area contributed by atoms with Gasteiger partial charge < -0.3 is 14.4 Å². The maximum absolute atomic E-state index is 12.5. The Morgan fingerprint density at radius 2 is 2.29 bits per heavy atom. The number of anilines is 1. The minimum atomic E-state index is -0.291. The Balaban J connectivity index is 1.79. The summed E-state index contributed by atoms with van der Waals surface area (Å²) in [5.41, 5.74) is 1.43. The van der Waals surface area contributed by atoms with E-state index in [1.165, 1.54) is 6.33 Å². The first-order chi connectivity index (χ1) is 9.93. The maximum atomic E-state index is 12.5. The Hall–Kier alpha value is -1.89. The number of carbonyl (C=O) groups excluding carboxylic acids is 1. The van der Waals surface area contributed by atoms with Crippen LogP contribution in [0.5, 0.6) is 0 Å². The van der Waals surface area contributed by atoms with Crippen LogP contribution in [-0.4, -0.2) is 47.6 Å². The first-order valence-corrected chi connectivity index (χ1v) is 7.02. The molecule has 0 spiro atoms. The van der Waals surface area contributed by atoms with Crippen LogP contribution in [0.3, 0.4) is 0 Å². The molecule has 1 fully saturated rings. The van der Waals surface area contributed by atoms with E-state index in [9.17, 15) is 4.79 Å². The van der Waals surface area contributed by atoms with Crippen molar-refractivity contribution in [2.24, 2.45) is 5.41 Å². The SMILES string of the molecule is CC1=C(C(=O)OCC2(C)COC2)[C@@H](C)n2ncnc2N1C. The summed E-state index contributed by atoms with van der Waals surface area (Å²) in [5, 5.41) is 4.19. The number of hydrogen-bond donors (Lipinski definition) is 0. The molecule has 7 nitrogen and oxygen atoms in total. The van der Waals surface area contributed by atoms with E-state index in [0.29, 0.717) is 25.4 Å². The van der Waals surface area contributed by atoms with Crippen LogP contribution >= 0.6 is 0 Å². The van der Waals surface area contributed by atoms with Crippen LogP contribution in [-0.2, 0) is 14.3 Å². The van der Waals surface area contributed by atoms with Gasteiger partial charge in [-0.2, -0.15) is 10.1 Å². The van der Waals surface area contributed by atoms with Gasteiger partial charge in [-0.3, -0.25) is 0 Å². The molecule has 1 aromatic rings. The first-order valence-electron chi connectivity index (χ1n) is 7.02. The van der Waals surface area contributed by atoms with Gasteiger partial charge in [-0.15, -0.1) is 0 Å². The van der Waals surface area contributed by atoms with Crippen molar-refractivity contribution in [1.82, 2.24) is 14.8 Å². The molecule has 1 atom stereocenters. The van der Waals surface area contributed by atoms with Gasteiger partial charge in [0.25, 0.3) is 0 Å². The third kappa shape index (κ3) is 2.21. The fourth-order valence-electron chi connectivity index (χ4n) is 2.68. The van der Waals surface area contributed by atoms with Gasteiger partial charge in [0.2, 0.25) is 5.95 Å². The second-order valence-corrected chi connectivity index (χ2v) is 6.12. The molecule has 0 N–H and O–H groups in total. The molecule has 1 aromatic heterocycles. The monoisotopic (exact) mass is 292 g/mol.